The van der Waals surface area contributed by atoms with E-state index in [1.807, 2.05) is 30.3 Å². The molecule has 31 heavy (non-hydrogen) atoms. The first-order valence-corrected chi connectivity index (χ1v) is 12.5. The van der Waals surface area contributed by atoms with Gasteiger partial charge in [0.1, 0.15) is 17.1 Å². The minimum Gasteiger partial charge on any atom is -1.00 e. The van der Waals surface area contributed by atoms with Crippen LogP contribution in [0.2, 0.25) is 0 Å². The number of hydrogen-bond donors (Lipinski definition) is 0. The number of rotatable bonds is 17. The number of unbranched alkanes of at least 4 members (excludes halogenated alkanes) is 9. The molecule has 6 heteroatoms. The number of carbonyl (C=O) groups excluding carboxylic acids is 2. The number of benzene rings is 1. The van der Waals surface area contributed by atoms with E-state index in [-0.39, 0.29) is 64.4 Å². The van der Waals surface area contributed by atoms with Crippen LogP contribution in [0.25, 0.3) is 0 Å². The molecule has 2 unspecified atom stereocenters. The van der Waals surface area contributed by atoms with Gasteiger partial charge in [0.25, 0.3) is 0 Å². The predicted octanol–water partition coefficient (Wildman–Crippen LogP) is 6.55. The minimum absolute atomic E-state index is 0. The maximum Gasteiger partial charge on any atom is 2.00 e. The van der Waals surface area contributed by atoms with Gasteiger partial charge in [0.2, 0.25) is 0 Å². The van der Waals surface area contributed by atoms with Crippen LogP contribution in [0.4, 0.5) is 0 Å². The first-order chi connectivity index (χ1) is 14.5. The molecule has 0 N–H and O–H groups in total. The van der Waals surface area contributed by atoms with Gasteiger partial charge < -0.3 is 12.3 Å². The molecule has 0 aliphatic carbocycles. The standard InChI is InChI=1S/C25H40O4S.Ca.2H/c1-4-5-6-7-8-9-10-11-12-16-19-28-24(26)21(2)30-22(3)25(27)29-20-23-17-14-13-15-18-23;;;/h13-15,17-18,21-22H,4-12,16,19-20H2,1-3H3;;;/q;+2;2*-1. The van der Waals surface area contributed by atoms with E-state index in [0.717, 1.165) is 18.4 Å². The third-order valence-corrected chi connectivity index (χ3v) is 6.24. The number of ether oxygens (including phenoxy) is 2. The van der Waals surface area contributed by atoms with Gasteiger partial charge in [0.05, 0.1) is 6.61 Å². The Labute approximate surface area is 226 Å². The van der Waals surface area contributed by atoms with Gasteiger partial charge >= 0.3 is 49.7 Å². The summed E-state index contributed by atoms with van der Waals surface area (Å²) in [6.45, 7) is 6.51. The number of hydrogen-bond acceptors (Lipinski definition) is 5. The zero-order chi connectivity index (χ0) is 22.0. The van der Waals surface area contributed by atoms with E-state index >= 15 is 0 Å². The summed E-state index contributed by atoms with van der Waals surface area (Å²) in [6, 6.07) is 9.58. The van der Waals surface area contributed by atoms with Crippen LogP contribution in [0.1, 0.15) is 93.4 Å². The first kappa shape index (κ1) is 30.8. The summed E-state index contributed by atoms with van der Waals surface area (Å²) in [5, 5.41) is -0.791. The number of thioether (sulfide) groups is 1. The second-order valence-corrected chi connectivity index (χ2v) is 9.55. The average Bonchev–Trinajstić information content (AvgIpc) is 2.76. The van der Waals surface area contributed by atoms with Crippen molar-refractivity contribution in [3.63, 3.8) is 0 Å². The van der Waals surface area contributed by atoms with Crippen LogP contribution >= 0.6 is 11.8 Å². The Morgan fingerprint density at radius 1 is 0.806 bits per heavy atom. The van der Waals surface area contributed by atoms with Crippen molar-refractivity contribution in [2.24, 2.45) is 0 Å². The number of carbonyl (C=O) groups is 2. The molecule has 2 atom stereocenters. The van der Waals surface area contributed by atoms with Gasteiger partial charge in [-0.15, -0.1) is 11.8 Å². The van der Waals surface area contributed by atoms with Crippen molar-refractivity contribution in [2.45, 2.75) is 102 Å². The normalized spacial score (nSPS) is 12.5. The van der Waals surface area contributed by atoms with E-state index < -0.39 is 5.25 Å². The maximum absolute atomic E-state index is 12.1. The average molecular weight is 479 g/mol. The molecule has 4 nitrogen and oxygen atoms in total. The molecule has 0 aromatic heterocycles. The third-order valence-electron chi connectivity index (χ3n) is 5.04. The molecule has 0 fully saturated rings. The van der Waals surface area contributed by atoms with Gasteiger partial charge in [-0.2, -0.15) is 0 Å². The summed E-state index contributed by atoms with van der Waals surface area (Å²) < 4.78 is 10.7. The Kier molecular flexibility index (Phi) is 20.2. The van der Waals surface area contributed by atoms with Gasteiger partial charge in [0.15, 0.2) is 0 Å². The van der Waals surface area contributed by atoms with Crippen LogP contribution < -0.4 is 0 Å². The molecule has 0 heterocycles. The van der Waals surface area contributed by atoms with E-state index in [9.17, 15) is 9.59 Å². The molecule has 0 bridgehead atoms. The summed E-state index contributed by atoms with van der Waals surface area (Å²) in [5.41, 5.74) is 0.951. The summed E-state index contributed by atoms with van der Waals surface area (Å²) in [6.07, 6.45) is 12.5. The maximum atomic E-state index is 12.1. The van der Waals surface area contributed by atoms with Crippen molar-refractivity contribution in [2.75, 3.05) is 6.61 Å². The monoisotopic (exact) mass is 478 g/mol. The number of esters is 2. The molecular weight excluding hydrogens is 436 g/mol. The van der Waals surface area contributed by atoms with Crippen molar-refractivity contribution >= 4 is 61.4 Å². The summed E-state index contributed by atoms with van der Waals surface area (Å²) in [5.74, 6) is -0.558. The van der Waals surface area contributed by atoms with Crippen molar-refractivity contribution in [1.82, 2.24) is 0 Å². The van der Waals surface area contributed by atoms with E-state index in [2.05, 4.69) is 6.92 Å². The van der Waals surface area contributed by atoms with E-state index in [4.69, 9.17) is 9.47 Å². The summed E-state index contributed by atoms with van der Waals surface area (Å²) in [4.78, 5) is 24.3. The largest absolute Gasteiger partial charge is 2.00 e. The molecule has 0 saturated carbocycles. The molecular formula is C25H42CaO4S. The Morgan fingerprint density at radius 3 is 1.84 bits per heavy atom. The van der Waals surface area contributed by atoms with Crippen LogP contribution in [0.15, 0.2) is 30.3 Å². The fraction of sp³-hybridized carbons (Fsp3) is 0.680. The second-order valence-electron chi connectivity index (χ2n) is 7.86. The minimum atomic E-state index is -0.409. The van der Waals surface area contributed by atoms with Crippen molar-refractivity contribution < 1.29 is 21.9 Å². The summed E-state index contributed by atoms with van der Waals surface area (Å²) >= 11 is 1.28. The SMILES string of the molecule is CCCCCCCCCCCCOC(=O)C(C)SC(C)C(=O)OCc1ccccc1.[Ca+2].[H-].[H-]. The van der Waals surface area contributed by atoms with Gasteiger partial charge in [-0.05, 0) is 25.8 Å². The van der Waals surface area contributed by atoms with Crippen molar-refractivity contribution in [3.8, 4) is 0 Å². The Balaban J connectivity index is -0.00000300. The molecule has 0 radical (unpaired) electrons. The zero-order valence-electron chi connectivity index (χ0n) is 21.8. The Morgan fingerprint density at radius 2 is 1.29 bits per heavy atom. The summed E-state index contributed by atoms with van der Waals surface area (Å²) in [7, 11) is 0. The molecule has 0 amide bonds. The molecule has 0 spiro atoms. The van der Waals surface area contributed by atoms with Crippen LogP contribution in [-0.2, 0) is 25.7 Å². The van der Waals surface area contributed by atoms with Crippen molar-refractivity contribution in [3.05, 3.63) is 35.9 Å². The fourth-order valence-electron chi connectivity index (χ4n) is 3.14. The second kappa shape index (κ2) is 20.4. The molecule has 1 rings (SSSR count). The smallest absolute Gasteiger partial charge is 1.00 e. The topological polar surface area (TPSA) is 52.6 Å². The molecule has 0 aliphatic rings. The third kappa shape index (κ3) is 16.1. The van der Waals surface area contributed by atoms with Gasteiger partial charge in [-0.25, -0.2) is 0 Å². The molecule has 1 aromatic carbocycles. The quantitative estimate of drug-likeness (QED) is 0.144. The van der Waals surface area contributed by atoms with Crippen LogP contribution in [0.3, 0.4) is 0 Å². The van der Waals surface area contributed by atoms with E-state index in [0.29, 0.717) is 6.61 Å². The Bertz CT molecular complexity index is 593. The molecule has 1 aromatic rings. The van der Waals surface area contributed by atoms with Crippen molar-refractivity contribution in [1.29, 1.82) is 0 Å². The molecule has 174 valence electrons. The predicted molar refractivity (Wildman–Crippen MR) is 134 cm³/mol. The molecule has 0 aliphatic heterocycles. The van der Waals surface area contributed by atoms with Gasteiger partial charge in [0, 0.05) is 0 Å². The van der Waals surface area contributed by atoms with E-state index in [1.165, 1.54) is 63.1 Å². The fourth-order valence-corrected chi connectivity index (χ4v) is 4.11. The Hall–Kier alpha value is -0.230. The first-order valence-electron chi connectivity index (χ1n) is 11.6. The van der Waals surface area contributed by atoms with Gasteiger partial charge in [-0.1, -0.05) is 95.0 Å². The van der Waals surface area contributed by atoms with Crippen LogP contribution in [-0.4, -0.2) is 66.8 Å². The van der Waals surface area contributed by atoms with Crippen LogP contribution in [0.5, 0.6) is 0 Å². The van der Waals surface area contributed by atoms with Gasteiger partial charge in [-0.3, -0.25) is 9.59 Å². The van der Waals surface area contributed by atoms with E-state index in [1.54, 1.807) is 13.8 Å². The molecule has 0 saturated heterocycles. The van der Waals surface area contributed by atoms with Crippen LogP contribution in [0, 0.1) is 0 Å². The zero-order valence-corrected chi connectivity index (χ0v) is 22.8.